The van der Waals surface area contributed by atoms with E-state index in [1.807, 2.05) is 55.5 Å². The molecule has 3 aliphatic rings. The normalized spacial score (nSPS) is 24.9. The van der Waals surface area contributed by atoms with Crippen molar-refractivity contribution in [2.24, 2.45) is 5.10 Å². The molecule has 188 valence electrons. The minimum atomic E-state index is -0.655. The lowest BCUT2D eigenvalue weighted by atomic mass is 9.97. The summed E-state index contributed by atoms with van der Waals surface area (Å²) in [5.74, 6) is -0.474. The molecule has 0 radical (unpaired) electrons. The van der Waals surface area contributed by atoms with Crippen LogP contribution in [0.15, 0.2) is 77.9 Å². The van der Waals surface area contributed by atoms with Crippen LogP contribution in [0.4, 0.5) is 0 Å². The Morgan fingerprint density at radius 3 is 2.62 bits per heavy atom. The van der Waals surface area contributed by atoms with Crippen LogP contribution >= 0.6 is 11.8 Å². The Bertz CT molecular complexity index is 1420. The van der Waals surface area contributed by atoms with Crippen molar-refractivity contribution in [1.29, 1.82) is 0 Å². The third kappa shape index (κ3) is 4.29. The highest BCUT2D eigenvalue weighted by Crippen LogP contribution is 2.47. The number of hydrogen-bond donors (Lipinski definition) is 0. The maximum Gasteiger partial charge on any atom is 0.330 e. The maximum absolute atomic E-state index is 13.3. The molecule has 0 unspecified atom stereocenters. The Morgan fingerprint density at radius 1 is 1.05 bits per heavy atom. The summed E-state index contributed by atoms with van der Waals surface area (Å²) in [5.41, 5.74) is 2.74. The van der Waals surface area contributed by atoms with E-state index in [9.17, 15) is 14.4 Å². The molecule has 37 heavy (non-hydrogen) atoms. The fraction of sp³-hybridized carbons (Fsp3) is 0.310. The van der Waals surface area contributed by atoms with E-state index in [1.165, 1.54) is 5.01 Å². The van der Waals surface area contributed by atoms with Crippen LogP contribution in [0.5, 0.6) is 0 Å². The predicted molar refractivity (Wildman–Crippen MR) is 143 cm³/mol. The van der Waals surface area contributed by atoms with Gasteiger partial charge in [0.05, 0.1) is 16.6 Å². The number of carbonyl (C=O) groups excluding carboxylic acids is 3. The van der Waals surface area contributed by atoms with Gasteiger partial charge in [-0.3, -0.25) is 9.59 Å². The van der Waals surface area contributed by atoms with Gasteiger partial charge in [-0.25, -0.2) is 9.80 Å². The van der Waals surface area contributed by atoms with E-state index in [0.717, 1.165) is 34.0 Å². The van der Waals surface area contributed by atoms with Gasteiger partial charge in [-0.15, -0.1) is 11.8 Å². The smallest absolute Gasteiger partial charge is 0.330 e. The summed E-state index contributed by atoms with van der Waals surface area (Å²) < 4.78 is 5.48. The number of hydrazone groups is 1. The molecule has 0 spiro atoms. The molecule has 2 fully saturated rings. The molecule has 0 aliphatic carbocycles. The van der Waals surface area contributed by atoms with Crippen molar-refractivity contribution in [3.05, 3.63) is 83.9 Å². The largest absolute Gasteiger partial charge is 0.454 e. The topological polar surface area (TPSA) is 79.3 Å². The first-order valence-electron chi connectivity index (χ1n) is 12.5. The van der Waals surface area contributed by atoms with E-state index in [-0.39, 0.29) is 22.7 Å². The molecular formula is C29H27N3O4S. The van der Waals surface area contributed by atoms with Crippen LogP contribution in [0.2, 0.25) is 0 Å². The molecule has 2 saturated heterocycles. The molecular weight excluding hydrogens is 486 g/mol. The number of benzene rings is 3. The van der Waals surface area contributed by atoms with Crippen molar-refractivity contribution in [3.63, 3.8) is 0 Å². The molecule has 0 N–H and O–H groups in total. The van der Waals surface area contributed by atoms with Gasteiger partial charge in [0.2, 0.25) is 5.91 Å². The highest BCUT2D eigenvalue weighted by molar-refractivity contribution is 8.01. The Kier molecular flexibility index (Phi) is 5.99. The monoisotopic (exact) mass is 513 g/mol. The molecule has 3 aromatic carbocycles. The Balaban J connectivity index is 1.22. The van der Waals surface area contributed by atoms with E-state index < -0.39 is 18.6 Å². The summed E-state index contributed by atoms with van der Waals surface area (Å²) in [5, 5.41) is 8.41. The highest BCUT2D eigenvalue weighted by Gasteiger charge is 2.53. The lowest BCUT2D eigenvalue weighted by molar-refractivity contribution is -0.158. The predicted octanol–water partition coefficient (Wildman–Crippen LogP) is 4.51. The molecule has 8 heteroatoms. The summed E-state index contributed by atoms with van der Waals surface area (Å²) in [6.07, 6.45) is 1.71. The number of fused-ring (bicyclic) bond motifs is 2. The average molecular weight is 514 g/mol. The molecule has 3 aliphatic heterocycles. The average Bonchev–Trinajstić information content (AvgIpc) is 3.60. The van der Waals surface area contributed by atoms with Gasteiger partial charge in [0.15, 0.2) is 6.61 Å². The fourth-order valence-electron chi connectivity index (χ4n) is 5.51. The lowest BCUT2D eigenvalue weighted by Crippen LogP contribution is -2.47. The van der Waals surface area contributed by atoms with Crippen LogP contribution < -0.4 is 0 Å². The van der Waals surface area contributed by atoms with Gasteiger partial charge in [-0.1, -0.05) is 66.7 Å². The quantitative estimate of drug-likeness (QED) is 0.469. The van der Waals surface area contributed by atoms with E-state index in [4.69, 9.17) is 9.84 Å². The summed E-state index contributed by atoms with van der Waals surface area (Å²) in [6, 6.07) is 23.1. The van der Waals surface area contributed by atoms with Gasteiger partial charge >= 0.3 is 5.97 Å². The standard InChI is InChI=1S/C29H27N3O4S/c1-29-14-13-26(33)31(29)25(18-37-29)28(35)36-17-27(34)32-24(20-8-3-2-4-9-20)16-23(30-32)22-12-11-19-7-5-6-10-21(19)15-22/h2-12,15,24-25H,13-14,16-18H2,1H3/t24-,25-,29-/m0/s1. The fourth-order valence-corrected chi connectivity index (χ4v) is 6.93. The molecule has 0 saturated carbocycles. The second kappa shape index (κ2) is 9.34. The molecule has 6 rings (SSSR count). The van der Waals surface area contributed by atoms with Crippen LogP contribution in [0.3, 0.4) is 0 Å². The molecule has 3 heterocycles. The van der Waals surface area contributed by atoms with Crippen molar-refractivity contribution < 1.29 is 19.1 Å². The van der Waals surface area contributed by atoms with Crippen LogP contribution in [-0.4, -0.2) is 56.7 Å². The molecule has 3 atom stereocenters. The number of hydrogen-bond acceptors (Lipinski definition) is 6. The van der Waals surface area contributed by atoms with Gasteiger partial charge < -0.3 is 9.64 Å². The number of nitrogens with zero attached hydrogens (tertiary/aromatic N) is 3. The van der Waals surface area contributed by atoms with Gasteiger partial charge in [-0.2, -0.15) is 5.10 Å². The third-order valence-electron chi connectivity index (χ3n) is 7.49. The summed E-state index contributed by atoms with van der Waals surface area (Å²) >= 11 is 1.60. The van der Waals surface area contributed by atoms with Crippen molar-refractivity contribution in [3.8, 4) is 0 Å². The molecule has 3 aromatic rings. The van der Waals surface area contributed by atoms with Crippen LogP contribution in [0, 0.1) is 0 Å². The second-order valence-corrected chi connectivity index (χ2v) is 11.4. The Hall–Kier alpha value is -3.65. The van der Waals surface area contributed by atoms with Gasteiger partial charge in [-0.05, 0) is 41.3 Å². The third-order valence-corrected chi connectivity index (χ3v) is 8.99. The van der Waals surface area contributed by atoms with Crippen molar-refractivity contribution in [2.75, 3.05) is 12.4 Å². The number of rotatable bonds is 5. The van der Waals surface area contributed by atoms with Gasteiger partial charge in [0, 0.05) is 18.6 Å². The molecule has 0 bridgehead atoms. The zero-order valence-corrected chi connectivity index (χ0v) is 21.3. The van der Waals surface area contributed by atoms with Gasteiger partial charge in [0.25, 0.3) is 5.91 Å². The minimum absolute atomic E-state index is 0.0333. The highest BCUT2D eigenvalue weighted by atomic mass is 32.2. The molecule has 7 nitrogen and oxygen atoms in total. The lowest BCUT2D eigenvalue weighted by Gasteiger charge is -2.29. The zero-order valence-electron chi connectivity index (χ0n) is 20.5. The zero-order chi connectivity index (χ0) is 25.6. The molecule has 0 aromatic heterocycles. The first kappa shape index (κ1) is 23.7. The number of amides is 2. The van der Waals surface area contributed by atoms with E-state index in [1.54, 1.807) is 16.7 Å². The van der Waals surface area contributed by atoms with Crippen LogP contribution in [0.25, 0.3) is 10.8 Å². The van der Waals surface area contributed by atoms with E-state index in [0.29, 0.717) is 18.6 Å². The first-order valence-corrected chi connectivity index (χ1v) is 13.5. The van der Waals surface area contributed by atoms with E-state index in [2.05, 4.69) is 24.3 Å². The maximum atomic E-state index is 13.3. The summed E-state index contributed by atoms with van der Waals surface area (Å²) in [6.45, 7) is 1.56. The minimum Gasteiger partial charge on any atom is -0.454 e. The van der Waals surface area contributed by atoms with Crippen molar-refractivity contribution >= 4 is 46.0 Å². The van der Waals surface area contributed by atoms with E-state index >= 15 is 0 Å². The van der Waals surface area contributed by atoms with Crippen LogP contribution in [-0.2, 0) is 19.1 Å². The summed E-state index contributed by atoms with van der Waals surface area (Å²) in [4.78, 5) is 39.9. The Labute approximate surface area is 219 Å². The number of thioether (sulfide) groups is 1. The number of carbonyl (C=O) groups is 3. The summed E-state index contributed by atoms with van der Waals surface area (Å²) in [7, 11) is 0. The Morgan fingerprint density at radius 2 is 1.81 bits per heavy atom. The number of esters is 1. The van der Waals surface area contributed by atoms with Crippen LogP contribution in [0.1, 0.15) is 43.4 Å². The first-order chi connectivity index (χ1) is 17.9. The number of ether oxygens (including phenoxy) is 1. The van der Waals surface area contributed by atoms with Crippen molar-refractivity contribution in [1.82, 2.24) is 9.91 Å². The molecule has 2 amide bonds. The second-order valence-electron chi connectivity index (χ2n) is 9.85. The SMILES string of the molecule is C[C@]12CCC(=O)N1[C@H](C(=O)OCC(=O)N1N=C(c3ccc4ccccc4c3)C[C@H]1c1ccccc1)CS2. The van der Waals surface area contributed by atoms with Gasteiger partial charge in [0.1, 0.15) is 6.04 Å². The van der Waals surface area contributed by atoms with Crippen molar-refractivity contribution in [2.45, 2.75) is 43.1 Å².